The minimum absolute atomic E-state index is 0.00871. The van der Waals surface area contributed by atoms with Crippen LogP contribution in [0.4, 0.5) is 9.18 Å². The first-order chi connectivity index (χ1) is 10.9. The highest BCUT2D eigenvalue weighted by Gasteiger charge is 2.14. The van der Waals surface area contributed by atoms with Crippen molar-refractivity contribution in [3.8, 4) is 0 Å². The standard InChI is InChI=1S/C14H21FN4O4/c1-3-7-18(8-4-2)11(20)5-6-16-13(22)19-9-10(15)12(21)17-14(19)23/h9H,3-8H2,1-2H3,(H,16,22)(H,17,21,23). The zero-order valence-corrected chi connectivity index (χ0v) is 13.2. The summed E-state index contributed by atoms with van der Waals surface area (Å²) in [7, 11) is 0. The number of nitrogens with zero attached hydrogens (tertiary/aromatic N) is 2. The van der Waals surface area contributed by atoms with E-state index in [-0.39, 0.29) is 18.9 Å². The number of H-pyrrole nitrogens is 1. The number of amides is 2. The van der Waals surface area contributed by atoms with Gasteiger partial charge in [-0.1, -0.05) is 13.8 Å². The number of rotatable bonds is 7. The summed E-state index contributed by atoms with van der Waals surface area (Å²) >= 11 is 0. The minimum atomic E-state index is -1.24. The van der Waals surface area contributed by atoms with Gasteiger partial charge in [0.2, 0.25) is 11.7 Å². The second-order valence-electron chi connectivity index (χ2n) is 4.97. The molecule has 2 amide bonds. The van der Waals surface area contributed by atoms with E-state index in [9.17, 15) is 23.6 Å². The number of aromatic amines is 1. The Morgan fingerprint density at radius 2 is 1.87 bits per heavy atom. The molecule has 23 heavy (non-hydrogen) atoms. The molecular weight excluding hydrogens is 307 g/mol. The predicted octanol–water partition coefficient (Wildman–Crippen LogP) is 0.272. The molecule has 1 heterocycles. The van der Waals surface area contributed by atoms with E-state index in [2.05, 4.69) is 5.32 Å². The van der Waals surface area contributed by atoms with Crippen LogP contribution in [-0.2, 0) is 4.79 Å². The number of hydrogen-bond acceptors (Lipinski definition) is 4. The summed E-state index contributed by atoms with van der Waals surface area (Å²) in [6.45, 7) is 5.23. The predicted molar refractivity (Wildman–Crippen MR) is 81.9 cm³/mol. The molecule has 0 fully saturated rings. The van der Waals surface area contributed by atoms with Crippen LogP contribution in [0, 0.1) is 5.82 Å². The summed E-state index contributed by atoms with van der Waals surface area (Å²) in [4.78, 5) is 49.5. The van der Waals surface area contributed by atoms with Crippen LogP contribution in [-0.4, -0.2) is 46.0 Å². The Morgan fingerprint density at radius 1 is 1.26 bits per heavy atom. The third kappa shape index (κ3) is 5.35. The number of hydrogen-bond donors (Lipinski definition) is 2. The lowest BCUT2D eigenvalue weighted by atomic mass is 10.3. The van der Waals surface area contributed by atoms with Gasteiger partial charge in [-0.15, -0.1) is 0 Å². The Balaban J connectivity index is 2.60. The van der Waals surface area contributed by atoms with Gasteiger partial charge in [0.25, 0.3) is 5.56 Å². The van der Waals surface area contributed by atoms with Crippen LogP contribution >= 0.6 is 0 Å². The molecule has 0 aromatic carbocycles. The summed E-state index contributed by atoms with van der Waals surface area (Å²) in [6, 6.07) is -0.907. The Labute approximate surface area is 132 Å². The summed E-state index contributed by atoms with van der Waals surface area (Å²) < 4.78 is 13.5. The maximum absolute atomic E-state index is 13.1. The topological polar surface area (TPSA) is 104 Å². The second-order valence-corrected chi connectivity index (χ2v) is 4.97. The summed E-state index contributed by atoms with van der Waals surface area (Å²) in [5, 5.41) is 2.34. The van der Waals surface area contributed by atoms with Crippen molar-refractivity contribution in [3.05, 3.63) is 32.9 Å². The number of carbonyl (C=O) groups is 2. The highest BCUT2D eigenvalue weighted by molar-refractivity contribution is 5.79. The SMILES string of the molecule is CCCN(CCC)C(=O)CCNC(=O)n1cc(F)c(=O)[nH]c1=O. The van der Waals surface area contributed by atoms with E-state index in [4.69, 9.17) is 0 Å². The highest BCUT2D eigenvalue weighted by atomic mass is 19.1. The number of nitrogens with one attached hydrogen (secondary N) is 2. The van der Waals surface area contributed by atoms with E-state index >= 15 is 0 Å². The van der Waals surface area contributed by atoms with Crippen LogP contribution in [0.3, 0.4) is 0 Å². The fourth-order valence-corrected chi connectivity index (χ4v) is 2.02. The summed E-state index contributed by atoms with van der Waals surface area (Å²) in [6.07, 6.45) is 2.26. The fourth-order valence-electron chi connectivity index (χ4n) is 2.02. The molecule has 0 radical (unpaired) electrons. The molecule has 0 aliphatic rings. The molecule has 0 bridgehead atoms. The van der Waals surface area contributed by atoms with Gasteiger partial charge in [-0.05, 0) is 12.8 Å². The van der Waals surface area contributed by atoms with E-state index in [0.29, 0.717) is 23.9 Å². The van der Waals surface area contributed by atoms with Gasteiger partial charge in [0, 0.05) is 26.1 Å². The van der Waals surface area contributed by atoms with Gasteiger partial charge < -0.3 is 10.2 Å². The average molecular weight is 328 g/mol. The molecule has 0 aliphatic heterocycles. The highest BCUT2D eigenvalue weighted by Crippen LogP contribution is 1.98. The van der Waals surface area contributed by atoms with Crippen LogP contribution in [0.5, 0.6) is 0 Å². The number of carbonyl (C=O) groups excluding carboxylic acids is 2. The molecule has 0 saturated heterocycles. The molecule has 0 aliphatic carbocycles. The molecule has 0 spiro atoms. The van der Waals surface area contributed by atoms with Gasteiger partial charge in [-0.2, -0.15) is 4.39 Å². The van der Waals surface area contributed by atoms with Gasteiger partial charge in [0.05, 0.1) is 6.20 Å². The maximum atomic E-state index is 13.1. The van der Waals surface area contributed by atoms with Crippen molar-refractivity contribution in [2.75, 3.05) is 19.6 Å². The monoisotopic (exact) mass is 328 g/mol. The molecule has 1 aromatic rings. The van der Waals surface area contributed by atoms with Crippen molar-refractivity contribution in [3.63, 3.8) is 0 Å². The van der Waals surface area contributed by atoms with Crippen LogP contribution in [0.1, 0.15) is 33.1 Å². The van der Waals surface area contributed by atoms with Gasteiger partial charge in [-0.25, -0.2) is 14.2 Å². The molecule has 9 heteroatoms. The van der Waals surface area contributed by atoms with Crippen molar-refractivity contribution < 1.29 is 14.0 Å². The van der Waals surface area contributed by atoms with Crippen LogP contribution in [0.25, 0.3) is 0 Å². The maximum Gasteiger partial charge on any atom is 0.336 e. The van der Waals surface area contributed by atoms with E-state index in [1.54, 1.807) is 9.88 Å². The van der Waals surface area contributed by atoms with Crippen molar-refractivity contribution in [2.45, 2.75) is 33.1 Å². The number of halogens is 1. The first kappa shape index (κ1) is 18.6. The van der Waals surface area contributed by atoms with Gasteiger partial charge in [-0.3, -0.25) is 14.6 Å². The van der Waals surface area contributed by atoms with Crippen LogP contribution in [0.15, 0.2) is 15.8 Å². The summed E-state index contributed by atoms with van der Waals surface area (Å²) in [5.74, 6) is -1.35. The molecule has 1 rings (SSSR count). The first-order valence-corrected chi connectivity index (χ1v) is 7.48. The largest absolute Gasteiger partial charge is 0.343 e. The molecule has 2 N–H and O–H groups in total. The molecule has 1 aromatic heterocycles. The molecule has 8 nitrogen and oxygen atoms in total. The first-order valence-electron chi connectivity index (χ1n) is 7.48. The lowest BCUT2D eigenvalue weighted by Crippen LogP contribution is -2.42. The third-order valence-electron chi connectivity index (χ3n) is 3.07. The van der Waals surface area contributed by atoms with E-state index < -0.39 is 23.1 Å². The molecule has 0 saturated carbocycles. The fraction of sp³-hybridized carbons (Fsp3) is 0.571. The number of aromatic nitrogens is 2. The van der Waals surface area contributed by atoms with E-state index in [1.807, 2.05) is 13.8 Å². The quantitative estimate of drug-likeness (QED) is 0.749. The lowest BCUT2D eigenvalue weighted by molar-refractivity contribution is -0.131. The smallest absolute Gasteiger partial charge is 0.336 e. The van der Waals surface area contributed by atoms with E-state index in [1.165, 1.54) is 0 Å². The average Bonchev–Trinajstić information content (AvgIpc) is 2.50. The zero-order valence-electron chi connectivity index (χ0n) is 13.2. The third-order valence-corrected chi connectivity index (χ3v) is 3.07. The van der Waals surface area contributed by atoms with Crippen molar-refractivity contribution >= 4 is 11.9 Å². The lowest BCUT2D eigenvalue weighted by Gasteiger charge is -2.21. The Hall–Kier alpha value is -2.45. The molecule has 128 valence electrons. The Morgan fingerprint density at radius 3 is 2.43 bits per heavy atom. The molecule has 0 atom stereocenters. The van der Waals surface area contributed by atoms with Gasteiger partial charge in [0.1, 0.15) is 0 Å². The Kier molecular flexibility index (Phi) is 7.17. The van der Waals surface area contributed by atoms with Crippen molar-refractivity contribution in [1.82, 2.24) is 19.8 Å². The van der Waals surface area contributed by atoms with Gasteiger partial charge in [0.15, 0.2) is 0 Å². The minimum Gasteiger partial charge on any atom is -0.343 e. The van der Waals surface area contributed by atoms with Crippen LogP contribution in [0.2, 0.25) is 0 Å². The zero-order chi connectivity index (χ0) is 17.4. The summed E-state index contributed by atoms with van der Waals surface area (Å²) in [5.41, 5.74) is -2.23. The second kappa shape index (κ2) is 8.86. The van der Waals surface area contributed by atoms with Gasteiger partial charge >= 0.3 is 11.7 Å². The van der Waals surface area contributed by atoms with Crippen molar-refractivity contribution in [1.29, 1.82) is 0 Å². The Bertz CT molecular complexity index is 661. The van der Waals surface area contributed by atoms with Crippen LogP contribution < -0.4 is 16.6 Å². The molecule has 0 unspecified atom stereocenters. The molecular formula is C14H21FN4O4. The van der Waals surface area contributed by atoms with Crippen molar-refractivity contribution in [2.24, 2.45) is 0 Å². The van der Waals surface area contributed by atoms with E-state index in [0.717, 1.165) is 12.8 Å². The normalized spacial score (nSPS) is 10.4.